The first-order valence-corrected chi connectivity index (χ1v) is 12.3. The summed E-state index contributed by atoms with van der Waals surface area (Å²) in [6.07, 6.45) is -0.229. The number of rotatable bonds is 5. The Morgan fingerprint density at radius 2 is 1.78 bits per heavy atom. The molecule has 0 aromatic rings. The number of methoxy groups -OCH3 is 3. The lowest BCUT2D eigenvalue weighted by Crippen LogP contribution is -2.82. The van der Waals surface area contributed by atoms with Gasteiger partial charge in [-0.25, -0.2) is 0 Å². The van der Waals surface area contributed by atoms with Crippen LogP contribution in [0.25, 0.3) is 0 Å². The van der Waals surface area contributed by atoms with Crippen molar-refractivity contribution in [3.8, 4) is 0 Å². The number of aliphatic hydroxyl groups excluding tert-OH is 2. The quantitative estimate of drug-likeness (QED) is 0.446. The van der Waals surface area contributed by atoms with Crippen molar-refractivity contribution in [2.24, 2.45) is 34.5 Å². The number of likely N-dealkylation sites (tertiary alicyclic amines) is 1. The normalized spacial score (nSPS) is 62.4. The van der Waals surface area contributed by atoms with Gasteiger partial charge >= 0.3 is 0 Å². The SMILES string of the molecule is CCN1C[C@]2(COC)CC[C@H](O)C34C1C(C(OC)[C@@H]32)[C@@]1(O)C[C@H](OC)[C@H]2CC4(O)[C@@H]1[C@H]2O. The molecule has 0 aromatic heterocycles. The van der Waals surface area contributed by atoms with Crippen LogP contribution in [0.1, 0.15) is 32.6 Å². The van der Waals surface area contributed by atoms with E-state index in [1.165, 1.54) is 0 Å². The minimum atomic E-state index is -1.41. The first-order valence-electron chi connectivity index (χ1n) is 12.3. The van der Waals surface area contributed by atoms with Crippen molar-refractivity contribution in [3.05, 3.63) is 0 Å². The Hall–Kier alpha value is -0.320. The lowest BCUT2D eigenvalue weighted by atomic mass is 9.41. The molecule has 0 radical (unpaired) electrons. The first-order chi connectivity index (χ1) is 15.2. The topological polar surface area (TPSA) is 112 Å². The smallest absolute Gasteiger partial charge is 0.0832 e. The van der Waals surface area contributed by atoms with Crippen LogP contribution < -0.4 is 0 Å². The van der Waals surface area contributed by atoms with Gasteiger partial charge in [-0.2, -0.15) is 0 Å². The van der Waals surface area contributed by atoms with Crippen molar-refractivity contribution in [2.75, 3.05) is 41.0 Å². The van der Waals surface area contributed by atoms with Crippen molar-refractivity contribution < 1.29 is 34.6 Å². The molecule has 1 heterocycles. The van der Waals surface area contributed by atoms with Crippen LogP contribution in [0, 0.1) is 34.5 Å². The fourth-order valence-corrected chi connectivity index (χ4v) is 10.7. The van der Waals surface area contributed by atoms with E-state index in [0.29, 0.717) is 25.9 Å². The third-order valence-corrected chi connectivity index (χ3v) is 11.2. The molecule has 5 aliphatic carbocycles. The minimum absolute atomic E-state index is 0.159. The molecule has 6 fully saturated rings. The van der Waals surface area contributed by atoms with Crippen molar-refractivity contribution in [3.63, 3.8) is 0 Å². The van der Waals surface area contributed by atoms with Crippen molar-refractivity contribution >= 4 is 0 Å². The molecule has 5 unspecified atom stereocenters. The van der Waals surface area contributed by atoms with E-state index in [2.05, 4.69) is 11.8 Å². The molecule has 4 N–H and O–H groups in total. The van der Waals surface area contributed by atoms with Crippen molar-refractivity contribution in [1.82, 2.24) is 4.90 Å². The molecule has 5 saturated carbocycles. The molecule has 182 valence electrons. The van der Waals surface area contributed by atoms with E-state index in [1.54, 1.807) is 21.3 Å². The van der Waals surface area contributed by atoms with Crippen LogP contribution in [0.4, 0.5) is 0 Å². The minimum Gasteiger partial charge on any atom is -0.392 e. The summed E-state index contributed by atoms with van der Waals surface area (Å²) in [7, 11) is 5.02. The number of hydrogen-bond acceptors (Lipinski definition) is 8. The molecule has 1 aliphatic heterocycles. The van der Waals surface area contributed by atoms with Gasteiger partial charge in [-0.05, 0) is 25.8 Å². The maximum absolute atomic E-state index is 12.8. The van der Waals surface area contributed by atoms with Gasteiger partial charge in [-0.15, -0.1) is 0 Å². The molecular formula is C24H39NO7. The van der Waals surface area contributed by atoms with Crippen LogP contribution in [-0.4, -0.2) is 108 Å². The average Bonchev–Trinajstić information content (AvgIpc) is 3.15. The molecular weight excluding hydrogens is 414 g/mol. The predicted molar refractivity (Wildman–Crippen MR) is 114 cm³/mol. The average molecular weight is 454 g/mol. The van der Waals surface area contributed by atoms with Crippen molar-refractivity contribution in [2.45, 2.75) is 74.3 Å². The summed E-state index contributed by atoms with van der Waals surface area (Å²) in [6, 6.07) is -0.226. The van der Waals surface area contributed by atoms with Crippen LogP contribution in [0.2, 0.25) is 0 Å². The summed E-state index contributed by atoms with van der Waals surface area (Å²) in [5.41, 5.74) is -3.93. The number of nitrogens with zero attached hydrogens (tertiary/aromatic N) is 1. The fraction of sp³-hybridized carbons (Fsp3) is 1.00. The van der Waals surface area contributed by atoms with Gasteiger partial charge in [-0.3, -0.25) is 4.90 Å². The Balaban J connectivity index is 1.67. The highest BCUT2D eigenvalue weighted by Crippen LogP contribution is 2.80. The summed E-state index contributed by atoms with van der Waals surface area (Å²) in [6.45, 7) is 4.18. The molecule has 32 heavy (non-hydrogen) atoms. The lowest BCUT2D eigenvalue weighted by molar-refractivity contribution is -0.325. The third-order valence-electron chi connectivity index (χ3n) is 11.2. The van der Waals surface area contributed by atoms with Gasteiger partial charge in [0.2, 0.25) is 0 Å². The van der Waals surface area contributed by atoms with E-state index in [4.69, 9.17) is 14.2 Å². The van der Waals surface area contributed by atoms with Crippen LogP contribution in [0.5, 0.6) is 0 Å². The highest BCUT2D eigenvalue weighted by Gasteiger charge is 2.90. The Morgan fingerprint density at radius 1 is 1.03 bits per heavy atom. The second kappa shape index (κ2) is 6.66. The highest BCUT2D eigenvalue weighted by molar-refractivity contribution is 5.40. The molecule has 1 spiro atoms. The fourth-order valence-electron chi connectivity index (χ4n) is 10.7. The predicted octanol–water partition coefficient (Wildman–Crippen LogP) is -0.383. The maximum atomic E-state index is 12.8. The van der Waals surface area contributed by atoms with Crippen LogP contribution in [0.15, 0.2) is 0 Å². The Morgan fingerprint density at radius 3 is 2.41 bits per heavy atom. The van der Waals surface area contributed by atoms with Crippen LogP contribution in [-0.2, 0) is 14.2 Å². The largest absolute Gasteiger partial charge is 0.392 e. The van der Waals surface area contributed by atoms with Gasteiger partial charge in [0.15, 0.2) is 0 Å². The number of ether oxygens (including phenoxy) is 3. The molecule has 6 rings (SSSR count). The molecule has 13 atom stereocenters. The van der Waals surface area contributed by atoms with Gasteiger partial charge in [0.1, 0.15) is 0 Å². The molecule has 1 saturated heterocycles. The third kappa shape index (κ3) is 2.03. The van der Waals surface area contributed by atoms with E-state index in [1.807, 2.05) is 0 Å². The van der Waals surface area contributed by atoms with Crippen LogP contribution >= 0.6 is 0 Å². The van der Waals surface area contributed by atoms with E-state index in [0.717, 1.165) is 19.5 Å². The van der Waals surface area contributed by atoms with Gasteiger partial charge in [-0.1, -0.05) is 6.92 Å². The van der Waals surface area contributed by atoms with Crippen molar-refractivity contribution in [1.29, 1.82) is 0 Å². The standard InChI is InChI=1S/C24H39NO7/c1-5-25-10-21(11-30-2)7-6-14(26)24-19(21)17(32-4)15(20(24)25)22(28)9-13(31-3)12-8-23(24,29)18(22)16(12)27/h12-20,26-29H,5-11H2,1-4H3/t12-,13+,14+,15?,16+,17?,18-,19-,20?,21+,22+,23?,24?/m1/s1. The van der Waals surface area contributed by atoms with Crippen LogP contribution in [0.3, 0.4) is 0 Å². The Bertz CT molecular complexity index is 798. The highest BCUT2D eigenvalue weighted by atomic mass is 16.5. The molecule has 8 heteroatoms. The van der Waals surface area contributed by atoms with E-state index in [-0.39, 0.29) is 41.4 Å². The maximum Gasteiger partial charge on any atom is 0.0832 e. The lowest BCUT2D eigenvalue weighted by Gasteiger charge is -2.71. The molecule has 0 aromatic carbocycles. The molecule has 6 aliphatic rings. The van der Waals surface area contributed by atoms with Gasteiger partial charge in [0.05, 0.1) is 42.2 Å². The zero-order valence-corrected chi connectivity index (χ0v) is 19.6. The summed E-state index contributed by atoms with van der Waals surface area (Å²) < 4.78 is 17.8. The van der Waals surface area contributed by atoms with E-state index < -0.39 is 34.7 Å². The number of aliphatic hydroxyl groups is 4. The van der Waals surface area contributed by atoms with Gasteiger partial charge < -0.3 is 34.6 Å². The summed E-state index contributed by atoms with van der Waals surface area (Å²) in [5.74, 6) is -1.47. The zero-order chi connectivity index (χ0) is 22.8. The first kappa shape index (κ1) is 22.2. The Labute approximate surface area is 189 Å². The summed E-state index contributed by atoms with van der Waals surface area (Å²) in [4.78, 5) is 2.37. The summed E-state index contributed by atoms with van der Waals surface area (Å²) in [5, 5.41) is 48.5. The summed E-state index contributed by atoms with van der Waals surface area (Å²) >= 11 is 0. The monoisotopic (exact) mass is 453 g/mol. The zero-order valence-electron chi connectivity index (χ0n) is 19.6. The van der Waals surface area contributed by atoms with E-state index >= 15 is 0 Å². The molecule has 7 bridgehead atoms. The molecule has 8 nitrogen and oxygen atoms in total. The second-order valence-electron chi connectivity index (χ2n) is 11.7. The second-order valence-corrected chi connectivity index (χ2v) is 11.7. The number of piperidine rings is 1. The number of fused-ring (bicyclic) bond motifs is 2. The number of hydrogen-bond donors (Lipinski definition) is 4. The van der Waals surface area contributed by atoms with E-state index in [9.17, 15) is 20.4 Å². The molecule has 0 amide bonds. The Kier molecular flexibility index (Phi) is 4.62. The van der Waals surface area contributed by atoms with Gasteiger partial charge in [0.25, 0.3) is 0 Å². The van der Waals surface area contributed by atoms with Gasteiger partial charge in [0, 0.05) is 74.8 Å².